The highest BCUT2D eigenvalue weighted by Crippen LogP contribution is 2.07. The number of nitrogens with one attached hydrogen (secondary N) is 1. The molecule has 0 saturated carbocycles. The van der Waals surface area contributed by atoms with Gasteiger partial charge in [0.15, 0.2) is 0 Å². The molecule has 0 saturated heterocycles. The fraction of sp³-hybridized carbons (Fsp3) is 0.273. The molecule has 3 nitrogen and oxygen atoms in total. The van der Waals surface area contributed by atoms with Gasteiger partial charge < -0.3 is 5.32 Å². The van der Waals surface area contributed by atoms with Gasteiger partial charge in [-0.2, -0.15) is 0 Å². The molecule has 0 radical (unpaired) electrons. The molecule has 0 amide bonds. The fourth-order valence-electron chi connectivity index (χ4n) is 1.16. The lowest BCUT2D eigenvalue weighted by atomic mass is 10.1. The Morgan fingerprint density at radius 3 is 2.47 bits per heavy atom. The van der Waals surface area contributed by atoms with E-state index in [4.69, 9.17) is 11.6 Å². The first-order chi connectivity index (χ1) is 7.15. The number of anilines is 1. The minimum atomic E-state index is -0.562. The Morgan fingerprint density at radius 1 is 1.33 bits per heavy atom. The van der Waals surface area contributed by atoms with E-state index in [1.807, 2.05) is 30.3 Å². The van der Waals surface area contributed by atoms with Gasteiger partial charge in [0, 0.05) is 5.69 Å². The zero-order valence-electron chi connectivity index (χ0n) is 8.37. The number of hydrogen-bond donors (Lipinski definition) is 1. The van der Waals surface area contributed by atoms with Crippen molar-refractivity contribution in [2.45, 2.75) is 13.0 Å². The second kappa shape index (κ2) is 5.51. The molecule has 0 spiro atoms. The average Bonchev–Trinajstić information content (AvgIpc) is 2.28. The van der Waals surface area contributed by atoms with Crippen molar-refractivity contribution in [1.29, 1.82) is 0 Å². The first-order valence-corrected chi connectivity index (χ1v) is 5.13. The molecule has 1 rings (SSSR count). The van der Waals surface area contributed by atoms with Gasteiger partial charge in [-0.3, -0.25) is 9.59 Å². The summed E-state index contributed by atoms with van der Waals surface area (Å²) in [5, 5.41) is 2.93. The van der Waals surface area contributed by atoms with Crippen molar-refractivity contribution in [2.75, 3.05) is 11.2 Å². The number of carbonyl (C=O) groups excluding carboxylic acids is 2. The van der Waals surface area contributed by atoms with E-state index in [1.54, 1.807) is 6.92 Å². The van der Waals surface area contributed by atoms with Crippen LogP contribution in [0.25, 0.3) is 0 Å². The third-order valence-electron chi connectivity index (χ3n) is 1.95. The summed E-state index contributed by atoms with van der Waals surface area (Å²) in [5.41, 5.74) is 0.806. The average molecular weight is 226 g/mol. The van der Waals surface area contributed by atoms with Gasteiger partial charge in [0.1, 0.15) is 0 Å². The van der Waals surface area contributed by atoms with Gasteiger partial charge in [-0.15, -0.1) is 11.6 Å². The molecule has 1 aromatic rings. The topological polar surface area (TPSA) is 46.2 Å². The quantitative estimate of drug-likeness (QED) is 0.615. The molecule has 0 aromatic heterocycles. The van der Waals surface area contributed by atoms with Crippen LogP contribution < -0.4 is 5.32 Å². The Balaban J connectivity index is 2.60. The molecule has 15 heavy (non-hydrogen) atoms. The number of benzene rings is 1. The van der Waals surface area contributed by atoms with Crippen LogP contribution >= 0.6 is 11.6 Å². The van der Waals surface area contributed by atoms with E-state index in [1.165, 1.54) is 0 Å². The van der Waals surface area contributed by atoms with Crippen LogP contribution in [0.1, 0.15) is 6.92 Å². The largest absolute Gasteiger partial charge is 0.375 e. The van der Waals surface area contributed by atoms with Crippen molar-refractivity contribution in [3.63, 3.8) is 0 Å². The van der Waals surface area contributed by atoms with Gasteiger partial charge in [0.05, 0.1) is 11.9 Å². The maximum absolute atomic E-state index is 11.4. The fourth-order valence-corrected chi connectivity index (χ4v) is 1.29. The lowest BCUT2D eigenvalue weighted by Crippen LogP contribution is -2.33. The summed E-state index contributed by atoms with van der Waals surface area (Å²) >= 11 is 5.30. The molecule has 1 atom stereocenters. The molecule has 0 aliphatic rings. The van der Waals surface area contributed by atoms with E-state index in [-0.39, 0.29) is 5.88 Å². The summed E-state index contributed by atoms with van der Waals surface area (Å²) in [6, 6.07) is 8.69. The lowest BCUT2D eigenvalue weighted by Gasteiger charge is -2.12. The van der Waals surface area contributed by atoms with Crippen LogP contribution in [0.15, 0.2) is 30.3 Å². The molecule has 0 fully saturated rings. The predicted molar refractivity (Wildman–Crippen MR) is 60.3 cm³/mol. The summed E-state index contributed by atoms with van der Waals surface area (Å²) < 4.78 is 0. The normalized spacial score (nSPS) is 11.9. The first-order valence-electron chi connectivity index (χ1n) is 4.59. The number of rotatable bonds is 5. The molecule has 0 bridgehead atoms. The standard InChI is InChI=1S/C11H12ClNO2/c1-8(11(15)10(14)7-12)13-9-5-3-2-4-6-9/h2-6,8,13H,7H2,1H3. The van der Waals surface area contributed by atoms with Crippen molar-refractivity contribution < 1.29 is 9.59 Å². The zero-order chi connectivity index (χ0) is 11.3. The molecule has 0 heterocycles. The van der Waals surface area contributed by atoms with Gasteiger partial charge >= 0.3 is 0 Å². The summed E-state index contributed by atoms with van der Waals surface area (Å²) in [5.74, 6) is -1.32. The molecule has 1 unspecified atom stereocenters. The van der Waals surface area contributed by atoms with Gasteiger partial charge in [-0.1, -0.05) is 18.2 Å². The Labute approximate surface area is 93.4 Å². The number of carbonyl (C=O) groups is 2. The van der Waals surface area contributed by atoms with Crippen LogP contribution in [0.5, 0.6) is 0 Å². The van der Waals surface area contributed by atoms with Gasteiger partial charge in [-0.25, -0.2) is 0 Å². The molecule has 1 aromatic carbocycles. The number of Topliss-reactive ketones (excluding diaryl/α,β-unsaturated/α-hetero) is 2. The van der Waals surface area contributed by atoms with Gasteiger partial charge in [0.2, 0.25) is 11.6 Å². The molecule has 0 aliphatic heterocycles. The predicted octanol–water partition coefficient (Wildman–Crippen LogP) is 1.86. The molecule has 1 N–H and O–H groups in total. The highest BCUT2D eigenvalue weighted by atomic mass is 35.5. The number of ketones is 2. The van der Waals surface area contributed by atoms with Crippen LogP contribution in [0.4, 0.5) is 5.69 Å². The Hall–Kier alpha value is -1.35. The van der Waals surface area contributed by atoms with Crippen molar-refractivity contribution in [2.24, 2.45) is 0 Å². The van der Waals surface area contributed by atoms with Gasteiger partial charge in [0.25, 0.3) is 0 Å². The van der Waals surface area contributed by atoms with E-state index in [0.29, 0.717) is 0 Å². The Morgan fingerprint density at radius 2 is 1.93 bits per heavy atom. The van der Waals surface area contributed by atoms with E-state index in [9.17, 15) is 9.59 Å². The van der Waals surface area contributed by atoms with E-state index in [0.717, 1.165) is 5.69 Å². The van der Waals surface area contributed by atoms with Crippen LogP contribution in [0.3, 0.4) is 0 Å². The van der Waals surface area contributed by atoms with Crippen molar-refractivity contribution in [3.05, 3.63) is 30.3 Å². The molecule has 80 valence electrons. The number of para-hydroxylation sites is 1. The minimum absolute atomic E-state index is 0.264. The maximum Gasteiger partial charge on any atom is 0.221 e. The van der Waals surface area contributed by atoms with Gasteiger partial charge in [-0.05, 0) is 19.1 Å². The summed E-state index contributed by atoms with van der Waals surface area (Å²) in [6.07, 6.45) is 0. The van der Waals surface area contributed by atoms with Crippen molar-refractivity contribution in [3.8, 4) is 0 Å². The maximum atomic E-state index is 11.4. The number of alkyl halides is 1. The molecular weight excluding hydrogens is 214 g/mol. The second-order valence-corrected chi connectivity index (χ2v) is 3.42. The summed E-state index contributed by atoms with van der Waals surface area (Å²) in [6.45, 7) is 1.64. The van der Waals surface area contributed by atoms with Crippen molar-refractivity contribution in [1.82, 2.24) is 0 Å². The summed E-state index contributed by atoms with van der Waals surface area (Å²) in [4.78, 5) is 22.4. The van der Waals surface area contributed by atoms with E-state index in [2.05, 4.69) is 5.32 Å². The van der Waals surface area contributed by atoms with E-state index >= 15 is 0 Å². The lowest BCUT2D eigenvalue weighted by molar-refractivity contribution is -0.135. The van der Waals surface area contributed by atoms with E-state index < -0.39 is 17.6 Å². The number of halogens is 1. The number of hydrogen-bond acceptors (Lipinski definition) is 3. The summed E-state index contributed by atoms with van der Waals surface area (Å²) in [7, 11) is 0. The highest BCUT2D eigenvalue weighted by Gasteiger charge is 2.19. The first kappa shape index (κ1) is 11.7. The Kier molecular flexibility index (Phi) is 4.31. The molecule has 4 heteroatoms. The third kappa shape index (κ3) is 3.36. The van der Waals surface area contributed by atoms with Crippen LogP contribution in [0.2, 0.25) is 0 Å². The monoisotopic (exact) mass is 225 g/mol. The smallest absolute Gasteiger partial charge is 0.221 e. The minimum Gasteiger partial charge on any atom is -0.375 e. The van der Waals surface area contributed by atoms with Crippen molar-refractivity contribution >= 4 is 28.9 Å². The third-order valence-corrected chi connectivity index (χ3v) is 2.19. The SMILES string of the molecule is CC(Nc1ccccc1)C(=O)C(=O)CCl. The Bertz CT molecular complexity index is 351. The molecular formula is C11H12ClNO2. The highest BCUT2D eigenvalue weighted by molar-refractivity contribution is 6.48. The second-order valence-electron chi connectivity index (χ2n) is 3.15. The van der Waals surface area contributed by atoms with Crippen LogP contribution in [0, 0.1) is 0 Å². The van der Waals surface area contributed by atoms with Crippen LogP contribution in [-0.2, 0) is 9.59 Å². The molecule has 0 aliphatic carbocycles. The zero-order valence-corrected chi connectivity index (χ0v) is 9.12. The van der Waals surface area contributed by atoms with Crippen LogP contribution in [-0.4, -0.2) is 23.5 Å².